The Morgan fingerprint density at radius 1 is 1.26 bits per heavy atom. The van der Waals surface area contributed by atoms with Gasteiger partial charge in [-0.05, 0) is 38.3 Å². The van der Waals surface area contributed by atoms with Crippen LogP contribution in [0.25, 0.3) is 5.65 Å². The molecule has 0 bridgehead atoms. The molecule has 2 rings (SSSR count). The molecule has 2 N–H and O–H groups in total. The minimum atomic E-state index is 0. The van der Waals surface area contributed by atoms with E-state index in [2.05, 4.69) is 52.0 Å². The first-order valence-electron chi connectivity index (χ1n) is 9.70. The van der Waals surface area contributed by atoms with E-state index in [4.69, 9.17) is 4.74 Å². The van der Waals surface area contributed by atoms with E-state index in [1.54, 1.807) is 0 Å². The molecule has 2 aromatic heterocycles. The van der Waals surface area contributed by atoms with Gasteiger partial charge in [-0.25, -0.2) is 4.98 Å². The van der Waals surface area contributed by atoms with E-state index in [1.165, 1.54) is 0 Å². The number of pyridine rings is 1. The van der Waals surface area contributed by atoms with E-state index in [0.717, 1.165) is 56.4 Å². The summed E-state index contributed by atoms with van der Waals surface area (Å²) < 4.78 is 7.84. The number of rotatable bonds is 10. The third kappa shape index (κ3) is 8.04. The van der Waals surface area contributed by atoms with Gasteiger partial charge in [0, 0.05) is 45.1 Å². The highest BCUT2D eigenvalue weighted by Crippen LogP contribution is 2.10. The molecule has 1 unspecified atom stereocenters. The van der Waals surface area contributed by atoms with Crippen molar-refractivity contribution in [3.05, 3.63) is 36.3 Å². The highest BCUT2D eigenvalue weighted by atomic mass is 127. The normalized spacial score (nSPS) is 12.9. The van der Waals surface area contributed by atoms with Gasteiger partial charge in [0.2, 0.25) is 0 Å². The van der Waals surface area contributed by atoms with Gasteiger partial charge in [0.15, 0.2) is 5.96 Å². The number of nitrogens with one attached hydrogen (secondary N) is 2. The third-order valence-electron chi connectivity index (χ3n) is 4.24. The number of hydrogen-bond acceptors (Lipinski definition) is 3. The lowest BCUT2D eigenvalue weighted by Crippen LogP contribution is -2.38. The molecule has 7 heteroatoms. The molecule has 1 atom stereocenters. The van der Waals surface area contributed by atoms with Crippen molar-refractivity contribution >= 4 is 35.6 Å². The number of aromatic nitrogens is 2. The summed E-state index contributed by atoms with van der Waals surface area (Å²) in [6.07, 6.45) is 6.17. The molecule has 0 aliphatic heterocycles. The average molecular weight is 487 g/mol. The van der Waals surface area contributed by atoms with Crippen molar-refractivity contribution in [1.29, 1.82) is 0 Å². The van der Waals surface area contributed by atoms with E-state index in [0.29, 0.717) is 5.92 Å². The highest BCUT2D eigenvalue weighted by molar-refractivity contribution is 14.0. The largest absolute Gasteiger partial charge is 0.378 e. The van der Waals surface area contributed by atoms with Gasteiger partial charge in [-0.3, -0.25) is 4.99 Å². The maximum absolute atomic E-state index is 5.79. The average Bonchev–Trinajstić information content (AvgIpc) is 3.03. The molecule has 0 spiro atoms. The fourth-order valence-corrected chi connectivity index (χ4v) is 2.89. The lowest BCUT2D eigenvalue weighted by Gasteiger charge is -2.20. The summed E-state index contributed by atoms with van der Waals surface area (Å²) in [5.41, 5.74) is 2.06. The predicted octanol–water partition coefficient (Wildman–Crippen LogP) is 3.50. The van der Waals surface area contributed by atoms with Crippen molar-refractivity contribution in [1.82, 2.24) is 20.0 Å². The summed E-state index contributed by atoms with van der Waals surface area (Å²) >= 11 is 0. The Bertz CT molecular complexity index is 653. The van der Waals surface area contributed by atoms with Crippen LogP contribution < -0.4 is 10.6 Å². The lowest BCUT2D eigenvalue weighted by molar-refractivity contribution is 0.0266. The zero-order valence-electron chi connectivity index (χ0n) is 16.9. The SMILES string of the molecule is CCNC(=NCCC(OCC)C(C)C)NCCc1cn2ccccc2n1.I. The molecule has 0 saturated carbocycles. The second-order valence-electron chi connectivity index (χ2n) is 6.66. The fourth-order valence-electron chi connectivity index (χ4n) is 2.89. The number of imidazole rings is 1. The van der Waals surface area contributed by atoms with Crippen molar-refractivity contribution < 1.29 is 4.74 Å². The number of aliphatic imine (C=N–C) groups is 1. The maximum atomic E-state index is 5.79. The number of ether oxygens (including phenoxy) is 1. The second kappa shape index (κ2) is 12.9. The summed E-state index contributed by atoms with van der Waals surface area (Å²) in [5, 5.41) is 6.70. The minimum absolute atomic E-state index is 0. The molecular formula is C20H34IN5O. The number of guanidine groups is 1. The number of halogens is 1. The van der Waals surface area contributed by atoms with Crippen molar-refractivity contribution in [3.8, 4) is 0 Å². The van der Waals surface area contributed by atoms with Crippen LogP contribution in [0.5, 0.6) is 0 Å². The Balaban J connectivity index is 0.00000364. The van der Waals surface area contributed by atoms with Crippen molar-refractivity contribution in [3.63, 3.8) is 0 Å². The molecule has 2 aromatic rings. The zero-order valence-corrected chi connectivity index (χ0v) is 19.3. The summed E-state index contributed by atoms with van der Waals surface area (Å²) in [5.74, 6) is 1.37. The molecule has 2 heterocycles. The van der Waals surface area contributed by atoms with Gasteiger partial charge in [-0.15, -0.1) is 24.0 Å². The molecule has 0 amide bonds. The third-order valence-corrected chi connectivity index (χ3v) is 4.24. The molecule has 152 valence electrons. The van der Waals surface area contributed by atoms with Crippen molar-refractivity contribution in [2.75, 3.05) is 26.2 Å². The monoisotopic (exact) mass is 487 g/mol. The van der Waals surface area contributed by atoms with Crippen LogP contribution in [0, 0.1) is 5.92 Å². The van der Waals surface area contributed by atoms with Crippen LogP contribution in [0.4, 0.5) is 0 Å². The first-order valence-corrected chi connectivity index (χ1v) is 9.70. The fraction of sp³-hybridized carbons (Fsp3) is 0.600. The highest BCUT2D eigenvalue weighted by Gasteiger charge is 2.12. The van der Waals surface area contributed by atoms with Crippen molar-refractivity contribution in [2.24, 2.45) is 10.9 Å². The van der Waals surface area contributed by atoms with E-state index in [9.17, 15) is 0 Å². The number of hydrogen-bond donors (Lipinski definition) is 2. The van der Waals surface area contributed by atoms with Crippen LogP contribution in [0.15, 0.2) is 35.6 Å². The van der Waals surface area contributed by atoms with E-state index in [1.807, 2.05) is 31.3 Å². The standard InChI is InChI=1S/C20H33N5O.HI/c1-5-21-20(23-13-11-18(16(3)4)26-6-2)22-12-10-17-15-25-14-8-7-9-19(25)24-17;/h7-9,14-16,18H,5-6,10-13H2,1-4H3,(H2,21,22,23);1H. The maximum Gasteiger partial charge on any atom is 0.191 e. The molecule has 27 heavy (non-hydrogen) atoms. The topological polar surface area (TPSA) is 63.0 Å². The van der Waals surface area contributed by atoms with Crippen LogP contribution >= 0.6 is 24.0 Å². The van der Waals surface area contributed by atoms with Gasteiger partial charge in [0.25, 0.3) is 0 Å². The van der Waals surface area contributed by atoms with Gasteiger partial charge in [0.05, 0.1) is 11.8 Å². The Labute approximate surface area is 180 Å². The molecular weight excluding hydrogens is 453 g/mol. The second-order valence-corrected chi connectivity index (χ2v) is 6.66. The van der Waals surface area contributed by atoms with Gasteiger partial charge in [0.1, 0.15) is 5.65 Å². The zero-order chi connectivity index (χ0) is 18.8. The quantitative estimate of drug-likeness (QED) is 0.306. The lowest BCUT2D eigenvalue weighted by atomic mass is 10.0. The Hall–Kier alpha value is -1.35. The summed E-state index contributed by atoms with van der Waals surface area (Å²) in [7, 11) is 0. The van der Waals surface area contributed by atoms with Crippen LogP contribution in [0.2, 0.25) is 0 Å². The van der Waals surface area contributed by atoms with E-state index < -0.39 is 0 Å². The number of nitrogens with zero attached hydrogens (tertiary/aromatic N) is 3. The minimum Gasteiger partial charge on any atom is -0.378 e. The van der Waals surface area contributed by atoms with Gasteiger partial charge in [-0.1, -0.05) is 19.9 Å². The predicted molar refractivity (Wildman–Crippen MR) is 123 cm³/mol. The van der Waals surface area contributed by atoms with Crippen LogP contribution in [-0.2, 0) is 11.2 Å². The first-order chi connectivity index (χ1) is 12.6. The molecule has 0 aromatic carbocycles. The molecule has 0 radical (unpaired) electrons. The van der Waals surface area contributed by atoms with Crippen LogP contribution in [-0.4, -0.2) is 47.7 Å². The molecule has 0 fully saturated rings. The Morgan fingerprint density at radius 3 is 2.74 bits per heavy atom. The summed E-state index contributed by atoms with van der Waals surface area (Å²) in [4.78, 5) is 9.31. The molecule has 0 aliphatic carbocycles. The smallest absolute Gasteiger partial charge is 0.191 e. The summed E-state index contributed by atoms with van der Waals surface area (Å²) in [6, 6.07) is 6.04. The van der Waals surface area contributed by atoms with Crippen LogP contribution in [0.1, 0.15) is 39.8 Å². The Morgan fingerprint density at radius 2 is 2.07 bits per heavy atom. The van der Waals surface area contributed by atoms with Gasteiger partial charge in [-0.2, -0.15) is 0 Å². The van der Waals surface area contributed by atoms with Crippen molar-refractivity contribution in [2.45, 2.75) is 46.6 Å². The number of fused-ring (bicyclic) bond motifs is 1. The molecule has 0 saturated heterocycles. The molecule has 6 nitrogen and oxygen atoms in total. The first kappa shape index (κ1) is 23.7. The van der Waals surface area contributed by atoms with Crippen LogP contribution in [0.3, 0.4) is 0 Å². The van der Waals surface area contributed by atoms with E-state index in [-0.39, 0.29) is 30.1 Å². The van der Waals surface area contributed by atoms with E-state index >= 15 is 0 Å². The Kier molecular flexibility index (Phi) is 11.3. The van der Waals surface area contributed by atoms with Gasteiger partial charge >= 0.3 is 0 Å². The summed E-state index contributed by atoms with van der Waals surface area (Å²) in [6.45, 7) is 11.7. The molecule has 0 aliphatic rings. The van der Waals surface area contributed by atoms with Gasteiger partial charge < -0.3 is 19.8 Å².